The maximum absolute atomic E-state index is 12.9. The second-order valence-corrected chi connectivity index (χ2v) is 13.9. The summed E-state index contributed by atoms with van der Waals surface area (Å²) in [7, 11) is 0. The maximum atomic E-state index is 12.9. The predicted octanol–water partition coefficient (Wildman–Crippen LogP) is 4.90. The van der Waals surface area contributed by atoms with Crippen LogP contribution in [0.2, 0.25) is 0 Å². The van der Waals surface area contributed by atoms with E-state index in [1.807, 2.05) is 52.0 Å². The number of nitrogens with zero attached hydrogens (tertiary/aromatic N) is 5. The van der Waals surface area contributed by atoms with Gasteiger partial charge in [0.15, 0.2) is 5.65 Å². The lowest BCUT2D eigenvalue weighted by molar-refractivity contribution is 0.0443. The summed E-state index contributed by atoms with van der Waals surface area (Å²) in [6.45, 7) is 9.53. The quantitative estimate of drug-likeness (QED) is 0.335. The monoisotopic (exact) mass is 645 g/mol. The third kappa shape index (κ3) is 7.12. The van der Waals surface area contributed by atoms with Crippen molar-refractivity contribution in [3.05, 3.63) is 53.7 Å². The standard InChI is InChI=1S/C35H47N7O5/c1-23(2)29-18-38-42-31(37-17-30-25-10-11-26(30)20-41(19-25)35(44)47-27-12-13-36-16-27)15-32(39-33(29)42)46-28-9-6-14-40(21-28)34(43)45-22-24-7-4-3-5-8-24/h3-5,7-8,15,18,23,25-28,30,36-37H,6,9-14,16-17,19-22H2,1-2H3/t25?,26?,27?,28-,30?/m0/s1. The van der Waals surface area contributed by atoms with Crippen LogP contribution in [0.25, 0.3) is 5.65 Å². The molecule has 2 aromatic heterocycles. The van der Waals surface area contributed by atoms with Gasteiger partial charge in [-0.05, 0) is 67.9 Å². The first-order valence-corrected chi connectivity index (χ1v) is 17.3. The maximum Gasteiger partial charge on any atom is 0.410 e. The van der Waals surface area contributed by atoms with Gasteiger partial charge in [0.05, 0.1) is 12.7 Å². The van der Waals surface area contributed by atoms with Gasteiger partial charge in [0.1, 0.15) is 24.6 Å². The van der Waals surface area contributed by atoms with Gasteiger partial charge in [0.25, 0.3) is 0 Å². The van der Waals surface area contributed by atoms with Crippen LogP contribution in [0, 0.1) is 17.8 Å². The molecule has 1 aliphatic carbocycles. The van der Waals surface area contributed by atoms with Gasteiger partial charge in [-0.1, -0.05) is 44.2 Å². The molecule has 2 bridgehead atoms. The third-order valence-corrected chi connectivity index (χ3v) is 10.3. The van der Waals surface area contributed by atoms with E-state index in [1.165, 1.54) is 0 Å². The fourth-order valence-corrected chi connectivity index (χ4v) is 7.72. The molecule has 7 rings (SSSR count). The van der Waals surface area contributed by atoms with Crippen molar-refractivity contribution < 1.29 is 23.8 Å². The molecule has 3 aliphatic heterocycles. The Bertz CT molecular complexity index is 1530. The zero-order valence-corrected chi connectivity index (χ0v) is 27.5. The number of hydrogen-bond donors (Lipinski definition) is 2. The molecule has 1 saturated carbocycles. The summed E-state index contributed by atoms with van der Waals surface area (Å²) >= 11 is 0. The largest absolute Gasteiger partial charge is 0.472 e. The van der Waals surface area contributed by atoms with Crippen LogP contribution in [-0.2, 0) is 16.1 Å². The molecule has 5 heterocycles. The minimum absolute atomic E-state index is 0.0139. The molecule has 0 spiro atoms. The van der Waals surface area contributed by atoms with Gasteiger partial charge >= 0.3 is 12.2 Å². The van der Waals surface area contributed by atoms with E-state index in [0.29, 0.717) is 36.7 Å². The van der Waals surface area contributed by atoms with Gasteiger partial charge in [-0.15, -0.1) is 0 Å². The average molecular weight is 646 g/mol. The number of hydrogen-bond acceptors (Lipinski definition) is 9. The Morgan fingerprint density at radius 2 is 1.81 bits per heavy atom. The lowest BCUT2D eigenvalue weighted by Crippen LogP contribution is -2.47. The molecular weight excluding hydrogens is 598 g/mol. The number of carbonyl (C=O) groups excluding carboxylic acids is 2. The number of anilines is 1. The highest BCUT2D eigenvalue weighted by molar-refractivity contribution is 5.68. The second kappa shape index (κ2) is 14.0. The van der Waals surface area contributed by atoms with Crippen molar-refractivity contribution in [3.63, 3.8) is 0 Å². The average Bonchev–Trinajstić information content (AvgIpc) is 3.81. The lowest BCUT2D eigenvalue weighted by Gasteiger charge is -2.38. The number of rotatable bonds is 9. The van der Waals surface area contributed by atoms with E-state index in [2.05, 4.69) is 24.5 Å². The van der Waals surface area contributed by atoms with Crippen molar-refractivity contribution in [1.82, 2.24) is 29.7 Å². The molecule has 2 amide bonds. The fraction of sp³-hybridized carbons (Fsp3) is 0.600. The number of carbonyl (C=O) groups is 2. The van der Waals surface area contributed by atoms with Crippen LogP contribution < -0.4 is 15.4 Å². The molecule has 4 fully saturated rings. The summed E-state index contributed by atoms with van der Waals surface area (Å²) in [5.41, 5.74) is 2.79. The summed E-state index contributed by atoms with van der Waals surface area (Å²) < 4.78 is 19.7. The van der Waals surface area contributed by atoms with Crippen molar-refractivity contribution in [2.24, 2.45) is 17.8 Å². The molecule has 4 aliphatic rings. The zero-order valence-electron chi connectivity index (χ0n) is 27.5. The Morgan fingerprint density at radius 3 is 2.55 bits per heavy atom. The van der Waals surface area contributed by atoms with Gasteiger partial charge < -0.3 is 34.6 Å². The first-order chi connectivity index (χ1) is 22.9. The Balaban J connectivity index is 1.01. The van der Waals surface area contributed by atoms with E-state index in [-0.39, 0.29) is 36.9 Å². The van der Waals surface area contributed by atoms with E-state index in [9.17, 15) is 9.59 Å². The predicted molar refractivity (Wildman–Crippen MR) is 176 cm³/mol. The molecule has 3 unspecified atom stereocenters. The van der Waals surface area contributed by atoms with E-state index < -0.39 is 0 Å². The molecule has 12 heteroatoms. The van der Waals surface area contributed by atoms with Crippen LogP contribution in [0.3, 0.4) is 0 Å². The number of amides is 2. The Morgan fingerprint density at radius 1 is 1.00 bits per heavy atom. The number of likely N-dealkylation sites (tertiary alicyclic amines) is 2. The Labute approximate surface area is 276 Å². The minimum atomic E-state index is -0.324. The van der Waals surface area contributed by atoms with Gasteiger partial charge in [-0.3, -0.25) is 0 Å². The SMILES string of the molecule is CC(C)c1cnn2c(NCC3C4CCC3CN(C(=O)OC3CCNC3)C4)cc(O[C@H]3CCCN(C(=O)OCc4ccccc4)C3)nc12. The number of piperidine rings is 2. The molecule has 3 saturated heterocycles. The second-order valence-electron chi connectivity index (χ2n) is 13.9. The van der Waals surface area contributed by atoms with Gasteiger partial charge in [-0.2, -0.15) is 14.6 Å². The van der Waals surface area contributed by atoms with Crippen LogP contribution in [0.1, 0.15) is 63.0 Å². The molecule has 4 atom stereocenters. The van der Waals surface area contributed by atoms with E-state index in [0.717, 1.165) is 87.4 Å². The summed E-state index contributed by atoms with van der Waals surface area (Å²) in [6, 6.07) is 11.7. The van der Waals surface area contributed by atoms with E-state index in [1.54, 1.807) is 4.90 Å². The highest BCUT2D eigenvalue weighted by Gasteiger charge is 2.44. The third-order valence-electron chi connectivity index (χ3n) is 10.3. The summed E-state index contributed by atoms with van der Waals surface area (Å²) in [4.78, 5) is 34.4. The van der Waals surface area contributed by atoms with E-state index >= 15 is 0 Å². The summed E-state index contributed by atoms with van der Waals surface area (Å²) in [6.07, 6.45) is 5.98. The number of fused-ring (bicyclic) bond motifs is 3. The lowest BCUT2D eigenvalue weighted by atomic mass is 9.85. The number of nitrogens with one attached hydrogen (secondary N) is 2. The van der Waals surface area contributed by atoms with Crippen LogP contribution >= 0.6 is 0 Å². The van der Waals surface area contributed by atoms with Crippen LogP contribution in [0.5, 0.6) is 5.88 Å². The van der Waals surface area contributed by atoms with Crippen molar-refractivity contribution >= 4 is 23.7 Å². The molecule has 3 aromatic rings. The van der Waals surface area contributed by atoms with Gasteiger partial charge in [0, 0.05) is 44.4 Å². The van der Waals surface area contributed by atoms with Crippen molar-refractivity contribution in [2.75, 3.05) is 51.1 Å². The van der Waals surface area contributed by atoms with Crippen LogP contribution in [-0.4, -0.2) is 94.6 Å². The normalized spacial score (nSPS) is 25.7. The van der Waals surface area contributed by atoms with Crippen LogP contribution in [0.15, 0.2) is 42.6 Å². The Kier molecular flexibility index (Phi) is 9.37. The highest BCUT2D eigenvalue weighted by Crippen LogP contribution is 2.42. The first-order valence-electron chi connectivity index (χ1n) is 17.3. The van der Waals surface area contributed by atoms with E-state index in [4.69, 9.17) is 24.3 Å². The zero-order chi connectivity index (χ0) is 32.3. The minimum Gasteiger partial charge on any atom is -0.472 e. The molecular formula is C35H47N7O5. The van der Waals surface area contributed by atoms with Crippen LogP contribution in [0.4, 0.5) is 15.4 Å². The van der Waals surface area contributed by atoms with Crippen molar-refractivity contribution in [1.29, 1.82) is 0 Å². The highest BCUT2D eigenvalue weighted by atomic mass is 16.6. The summed E-state index contributed by atoms with van der Waals surface area (Å²) in [5.74, 6) is 2.92. The first kappa shape index (κ1) is 31.5. The Hall–Kier alpha value is -4.06. The van der Waals surface area contributed by atoms with Crippen molar-refractivity contribution in [2.45, 2.75) is 70.7 Å². The molecule has 0 radical (unpaired) electrons. The molecule has 1 aromatic carbocycles. The van der Waals surface area contributed by atoms with Gasteiger partial charge in [-0.25, -0.2) is 9.59 Å². The van der Waals surface area contributed by atoms with Crippen molar-refractivity contribution in [3.8, 4) is 5.88 Å². The molecule has 252 valence electrons. The molecule has 2 N–H and O–H groups in total. The van der Waals surface area contributed by atoms with Gasteiger partial charge in [0.2, 0.25) is 5.88 Å². The smallest absolute Gasteiger partial charge is 0.410 e. The topological polar surface area (TPSA) is 123 Å². The number of aromatic nitrogens is 3. The number of benzene rings is 1. The summed E-state index contributed by atoms with van der Waals surface area (Å²) in [5, 5.41) is 11.7. The molecule has 12 nitrogen and oxygen atoms in total. The number of ether oxygens (including phenoxy) is 3. The fourth-order valence-electron chi connectivity index (χ4n) is 7.72. The molecule has 47 heavy (non-hydrogen) atoms.